The van der Waals surface area contributed by atoms with Crippen molar-refractivity contribution in [3.63, 3.8) is 0 Å². The molecule has 0 unspecified atom stereocenters. The minimum atomic E-state index is -0.759. The maximum Gasteiger partial charge on any atom is 0.335 e. The summed E-state index contributed by atoms with van der Waals surface area (Å²) in [6.07, 6.45) is 2.33. The molecule has 4 rings (SSSR count). The van der Waals surface area contributed by atoms with E-state index in [1.54, 1.807) is 24.3 Å². The molecular weight excluding hydrogens is 531 g/mol. The number of carbonyl (C=O) groups is 3. The molecule has 3 aromatic carbocycles. The Morgan fingerprint density at radius 3 is 2.33 bits per heavy atom. The molecular formula is C26H21IN2O4. The fourth-order valence-electron chi connectivity index (χ4n) is 3.40. The van der Waals surface area contributed by atoms with Crippen LogP contribution in [0, 0.1) is 3.57 Å². The normalized spacial score (nSPS) is 15.0. The highest BCUT2D eigenvalue weighted by Crippen LogP contribution is 2.26. The molecule has 1 aliphatic heterocycles. The van der Waals surface area contributed by atoms with Crippen molar-refractivity contribution in [2.75, 3.05) is 4.90 Å². The van der Waals surface area contributed by atoms with Crippen molar-refractivity contribution in [3.05, 3.63) is 98.6 Å². The molecule has 166 valence electrons. The number of anilines is 1. The molecule has 1 N–H and O–H groups in total. The molecule has 0 spiro atoms. The van der Waals surface area contributed by atoms with Crippen LogP contribution in [0.4, 0.5) is 10.5 Å². The van der Waals surface area contributed by atoms with Crippen molar-refractivity contribution in [3.8, 4) is 5.75 Å². The molecule has 33 heavy (non-hydrogen) atoms. The SMILES string of the molecule is CCc1ccc(N2C(=O)NC(=O)/C(=C/c3ccc(OCc4ccccc4)c(I)c3)C2=O)cc1. The van der Waals surface area contributed by atoms with Crippen molar-refractivity contribution in [2.24, 2.45) is 0 Å². The van der Waals surface area contributed by atoms with Crippen molar-refractivity contribution in [1.82, 2.24) is 5.32 Å². The first-order valence-corrected chi connectivity index (χ1v) is 11.5. The van der Waals surface area contributed by atoms with Gasteiger partial charge < -0.3 is 4.74 Å². The van der Waals surface area contributed by atoms with Crippen LogP contribution in [0.2, 0.25) is 0 Å². The predicted octanol–water partition coefficient (Wildman–Crippen LogP) is 5.10. The van der Waals surface area contributed by atoms with Crippen LogP contribution in [0.15, 0.2) is 78.4 Å². The van der Waals surface area contributed by atoms with E-state index in [1.807, 2.05) is 55.5 Å². The number of benzene rings is 3. The summed E-state index contributed by atoms with van der Waals surface area (Å²) < 4.78 is 6.73. The number of hydrogen-bond donors (Lipinski definition) is 1. The Kier molecular flexibility index (Phi) is 6.88. The number of nitrogens with one attached hydrogen (secondary N) is 1. The van der Waals surface area contributed by atoms with Crippen LogP contribution < -0.4 is 15.0 Å². The molecule has 1 fully saturated rings. The summed E-state index contributed by atoms with van der Waals surface area (Å²) in [7, 11) is 0. The Labute approximate surface area is 205 Å². The summed E-state index contributed by atoms with van der Waals surface area (Å²) in [6.45, 7) is 2.46. The number of nitrogens with zero attached hydrogens (tertiary/aromatic N) is 1. The number of urea groups is 1. The lowest BCUT2D eigenvalue weighted by atomic mass is 10.1. The van der Waals surface area contributed by atoms with Crippen LogP contribution in [-0.2, 0) is 22.6 Å². The van der Waals surface area contributed by atoms with Gasteiger partial charge in [-0.3, -0.25) is 14.9 Å². The van der Waals surface area contributed by atoms with Gasteiger partial charge in [0, 0.05) is 0 Å². The molecule has 7 heteroatoms. The highest BCUT2D eigenvalue weighted by Gasteiger charge is 2.36. The van der Waals surface area contributed by atoms with Crippen LogP contribution in [0.5, 0.6) is 5.75 Å². The van der Waals surface area contributed by atoms with Gasteiger partial charge in [0.2, 0.25) is 0 Å². The Morgan fingerprint density at radius 2 is 1.67 bits per heavy atom. The molecule has 4 amide bonds. The Hall–Kier alpha value is -3.46. The largest absolute Gasteiger partial charge is 0.488 e. The second-order valence-electron chi connectivity index (χ2n) is 7.44. The zero-order chi connectivity index (χ0) is 23.4. The summed E-state index contributed by atoms with van der Waals surface area (Å²) in [4.78, 5) is 38.9. The van der Waals surface area contributed by atoms with Crippen LogP contribution in [0.3, 0.4) is 0 Å². The zero-order valence-electron chi connectivity index (χ0n) is 17.9. The number of amides is 4. The summed E-state index contributed by atoms with van der Waals surface area (Å²) in [6, 6.07) is 21.6. The van der Waals surface area contributed by atoms with Gasteiger partial charge in [0.1, 0.15) is 17.9 Å². The first kappa shape index (κ1) is 22.7. The highest BCUT2D eigenvalue weighted by atomic mass is 127. The van der Waals surface area contributed by atoms with Gasteiger partial charge >= 0.3 is 6.03 Å². The topological polar surface area (TPSA) is 75.7 Å². The van der Waals surface area contributed by atoms with Gasteiger partial charge in [-0.25, -0.2) is 9.69 Å². The maximum atomic E-state index is 13.1. The maximum absolute atomic E-state index is 13.1. The molecule has 1 aliphatic rings. The van der Waals surface area contributed by atoms with Crippen LogP contribution in [0.1, 0.15) is 23.6 Å². The first-order valence-electron chi connectivity index (χ1n) is 10.4. The quantitative estimate of drug-likeness (QED) is 0.263. The number of rotatable bonds is 6. The number of carbonyl (C=O) groups excluding carboxylic acids is 3. The van der Waals surface area contributed by atoms with Gasteiger partial charge in [-0.05, 0) is 76.0 Å². The molecule has 0 aromatic heterocycles. The third-order valence-corrected chi connectivity index (χ3v) is 6.05. The van der Waals surface area contributed by atoms with E-state index < -0.39 is 17.8 Å². The highest BCUT2D eigenvalue weighted by molar-refractivity contribution is 14.1. The predicted molar refractivity (Wildman–Crippen MR) is 135 cm³/mol. The number of hydrogen-bond acceptors (Lipinski definition) is 4. The lowest BCUT2D eigenvalue weighted by Crippen LogP contribution is -2.54. The molecule has 0 atom stereocenters. The molecule has 0 aliphatic carbocycles. The third kappa shape index (κ3) is 5.14. The Balaban J connectivity index is 1.56. The number of barbiturate groups is 1. The van der Waals surface area contributed by atoms with E-state index >= 15 is 0 Å². The number of halogens is 1. The average Bonchev–Trinajstić information content (AvgIpc) is 2.82. The molecule has 0 saturated carbocycles. The van der Waals surface area contributed by atoms with Gasteiger partial charge in [0.25, 0.3) is 11.8 Å². The van der Waals surface area contributed by atoms with Crippen LogP contribution in [0.25, 0.3) is 6.08 Å². The lowest BCUT2D eigenvalue weighted by Gasteiger charge is -2.26. The minimum absolute atomic E-state index is 0.108. The van der Waals surface area contributed by atoms with Gasteiger partial charge in [0.15, 0.2) is 0 Å². The minimum Gasteiger partial charge on any atom is -0.488 e. The first-order chi connectivity index (χ1) is 16.0. The van der Waals surface area contributed by atoms with Crippen molar-refractivity contribution < 1.29 is 19.1 Å². The number of aryl methyl sites for hydroxylation is 1. The molecule has 6 nitrogen and oxygen atoms in total. The van der Waals surface area contributed by atoms with Crippen LogP contribution in [-0.4, -0.2) is 17.8 Å². The number of imide groups is 2. The Morgan fingerprint density at radius 1 is 0.939 bits per heavy atom. The monoisotopic (exact) mass is 552 g/mol. The summed E-state index contributed by atoms with van der Waals surface area (Å²) in [5.41, 5.74) is 3.09. The van der Waals surface area contributed by atoms with Crippen molar-refractivity contribution >= 4 is 52.2 Å². The summed E-state index contributed by atoms with van der Waals surface area (Å²) in [5.74, 6) is -0.674. The van der Waals surface area contributed by atoms with Crippen molar-refractivity contribution in [2.45, 2.75) is 20.0 Å². The van der Waals surface area contributed by atoms with E-state index in [2.05, 4.69) is 27.9 Å². The van der Waals surface area contributed by atoms with E-state index in [4.69, 9.17) is 4.74 Å². The van der Waals surface area contributed by atoms with Gasteiger partial charge in [-0.1, -0.05) is 55.5 Å². The fraction of sp³-hybridized carbons (Fsp3) is 0.115. The van der Waals surface area contributed by atoms with Gasteiger partial charge in [-0.15, -0.1) is 0 Å². The van der Waals surface area contributed by atoms with E-state index in [0.717, 1.165) is 26.0 Å². The molecule has 0 radical (unpaired) electrons. The summed E-state index contributed by atoms with van der Waals surface area (Å²) >= 11 is 2.15. The fourth-order valence-corrected chi connectivity index (χ4v) is 4.09. The Bertz CT molecular complexity index is 1240. The zero-order valence-corrected chi connectivity index (χ0v) is 20.0. The van der Waals surface area contributed by atoms with Gasteiger partial charge in [0.05, 0.1) is 9.26 Å². The van der Waals surface area contributed by atoms with Gasteiger partial charge in [-0.2, -0.15) is 0 Å². The second-order valence-corrected chi connectivity index (χ2v) is 8.60. The molecule has 1 heterocycles. The van der Waals surface area contributed by atoms with E-state index in [1.165, 1.54) is 6.08 Å². The number of ether oxygens (including phenoxy) is 1. The molecule has 0 bridgehead atoms. The molecule has 3 aromatic rings. The van der Waals surface area contributed by atoms with E-state index in [9.17, 15) is 14.4 Å². The smallest absolute Gasteiger partial charge is 0.335 e. The third-order valence-electron chi connectivity index (χ3n) is 5.21. The summed E-state index contributed by atoms with van der Waals surface area (Å²) in [5, 5.41) is 2.25. The van der Waals surface area contributed by atoms with E-state index in [-0.39, 0.29) is 5.57 Å². The standard InChI is InChI=1S/C26H21IN2O4/c1-2-17-8-11-20(12-9-17)29-25(31)21(24(30)28-26(29)32)14-19-10-13-23(22(27)15-19)33-16-18-6-4-3-5-7-18/h3-15H,2,16H2,1H3,(H,28,30,32)/b21-14-. The molecule has 1 saturated heterocycles. The van der Waals surface area contributed by atoms with Crippen LogP contribution >= 0.6 is 22.6 Å². The lowest BCUT2D eigenvalue weighted by molar-refractivity contribution is -0.122. The second kappa shape index (κ2) is 9.99. The average molecular weight is 552 g/mol. The van der Waals surface area contributed by atoms with Crippen molar-refractivity contribution in [1.29, 1.82) is 0 Å². The van der Waals surface area contributed by atoms with E-state index in [0.29, 0.717) is 23.6 Å².